The van der Waals surface area contributed by atoms with Crippen molar-refractivity contribution in [1.29, 1.82) is 0 Å². The van der Waals surface area contributed by atoms with Crippen molar-refractivity contribution in [2.24, 2.45) is 5.10 Å². The van der Waals surface area contributed by atoms with Crippen LogP contribution in [0.1, 0.15) is 11.1 Å². The van der Waals surface area contributed by atoms with Crippen LogP contribution >= 0.6 is 15.9 Å². The first-order valence-corrected chi connectivity index (χ1v) is 6.47. The number of benzene rings is 2. The lowest BCUT2D eigenvalue weighted by molar-refractivity contribution is -0.136. The van der Waals surface area contributed by atoms with Crippen molar-refractivity contribution in [2.75, 3.05) is 5.43 Å². The SMILES string of the molecule is FC(F)(F)c1ccccc1N/N=C\c1ccc(Br)cc1. The van der Waals surface area contributed by atoms with Crippen LogP contribution in [0.3, 0.4) is 0 Å². The standard InChI is InChI=1S/C14H10BrF3N2/c15-11-7-5-10(6-8-11)9-19-20-13-4-2-1-3-12(13)14(16,17)18/h1-9,20H/b19-9-. The minimum atomic E-state index is -4.41. The highest BCUT2D eigenvalue weighted by atomic mass is 79.9. The van der Waals surface area contributed by atoms with Crippen LogP contribution in [-0.4, -0.2) is 6.21 Å². The average molecular weight is 343 g/mol. The van der Waals surface area contributed by atoms with E-state index in [1.807, 2.05) is 12.1 Å². The lowest BCUT2D eigenvalue weighted by atomic mass is 10.2. The summed E-state index contributed by atoms with van der Waals surface area (Å²) >= 11 is 3.30. The molecule has 0 aliphatic rings. The van der Waals surface area contributed by atoms with Gasteiger partial charge < -0.3 is 0 Å². The Kier molecular flexibility index (Phi) is 4.44. The predicted octanol–water partition coefficient (Wildman–Crippen LogP) is 4.91. The molecule has 0 saturated heterocycles. The number of halogens is 4. The fourth-order valence-electron chi connectivity index (χ4n) is 1.55. The van der Waals surface area contributed by atoms with E-state index in [0.29, 0.717) is 0 Å². The summed E-state index contributed by atoms with van der Waals surface area (Å²) in [7, 11) is 0. The van der Waals surface area contributed by atoms with Crippen molar-refractivity contribution in [3.8, 4) is 0 Å². The van der Waals surface area contributed by atoms with Crippen LogP contribution in [0.15, 0.2) is 58.1 Å². The van der Waals surface area contributed by atoms with Gasteiger partial charge in [-0.25, -0.2) is 0 Å². The van der Waals surface area contributed by atoms with E-state index in [-0.39, 0.29) is 5.69 Å². The monoisotopic (exact) mass is 342 g/mol. The molecular formula is C14H10BrF3N2. The summed E-state index contributed by atoms with van der Waals surface area (Å²) in [4.78, 5) is 0. The van der Waals surface area contributed by atoms with Crippen molar-refractivity contribution in [2.45, 2.75) is 6.18 Å². The number of nitrogens with one attached hydrogen (secondary N) is 1. The van der Waals surface area contributed by atoms with Gasteiger partial charge in [0.2, 0.25) is 0 Å². The first kappa shape index (κ1) is 14.6. The molecule has 0 aliphatic heterocycles. The zero-order valence-corrected chi connectivity index (χ0v) is 11.7. The molecule has 6 heteroatoms. The molecule has 0 atom stereocenters. The van der Waals surface area contributed by atoms with Gasteiger partial charge in [0.25, 0.3) is 0 Å². The van der Waals surface area contributed by atoms with Crippen molar-refractivity contribution < 1.29 is 13.2 Å². The van der Waals surface area contributed by atoms with E-state index in [1.54, 1.807) is 12.1 Å². The number of alkyl halides is 3. The molecule has 0 aromatic heterocycles. The Labute approximate surface area is 122 Å². The number of rotatable bonds is 3. The molecule has 1 N–H and O–H groups in total. The van der Waals surface area contributed by atoms with E-state index in [4.69, 9.17) is 0 Å². The molecule has 0 radical (unpaired) electrons. The predicted molar refractivity (Wildman–Crippen MR) is 76.8 cm³/mol. The molecule has 2 aromatic carbocycles. The second kappa shape index (κ2) is 6.09. The summed E-state index contributed by atoms with van der Waals surface area (Å²) in [6.07, 6.45) is -2.95. The van der Waals surface area contributed by atoms with Crippen LogP contribution in [0, 0.1) is 0 Å². The average Bonchev–Trinajstić information content (AvgIpc) is 2.40. The topological polar surface area (TPSA) is 24.4 Å². The van der Waals surface area contributed by atoms with E-state index in [9.17, 15) is 13.2 Å². The quantitative estimate of drug-likeness (QED) is 0.621. The summed E-state index contributed by atoms with van der Waals surface area (Å²) in [6.45, 7) is 0. The second-order valence-corrected chi connectivity index (χ2v) is 4.88. The van der Waals surface area contributed by atoms with Gasteiger partial charge in [0.1, 0.15) is 0 Å². The lowest BCUT2D eigenvalue weighted by Crippen LogP contribution is -2.08. The van der Waals surface area contributed by atoms with Gasteiger partial charge in [-0.3, -0.25) is 5.43 Å². The molecule has 2 rings (SSSR count). The highest BCUT2D eigenvalue weighted by Crippen LogP contribution is 2.34. The third-order valence-electron chi connectivity index (χ3n) is 2.50. The largest absolute Gasteiger partial charge is 0.418 e. The van der Waals surface area contributed by atoms with Crippen molar-refractivity contribution >= 4 is 27.8 Å². The maximum absolute atomic E-state index is 12.7. The van der Waals surface area contributed by atoms with E-state index >= 15 is 0 Å². The first-order chi connectivity index (χ1) is 9.47. The highest BCUT2D eigenvalue weighted by molar-refractivity contribution is 9.10. The number of hydrazone groups is 1. The number of hydrogen-bond acceptors (Lipinski definition) is 2. The Hall–Kier alpha value is -1.82. The van der Waals surface area contributed by atoms with Gasteiger partial charge in [-0.05, 0) is 29.8 Å². The Balaban J connectivity index is 2.13. The molecule has 20 heavy (non-hydrogen) atoms. The summed E-state index contributed by atoms with van der Waals surface area (Å²) in [5, 5.41) is 3.83. The van der Waals surface area contributed by atoms with E-state index < -0.39 is 11.7 Å². The number of nitrogens with zero attached hydrogens (tertiary/aromatic N) is 1. The minimum Gasteiger partial charge on any atom is -0.278 e. The fraction of sp³-hybridized carbons (Fsp3) is 0.0714. The van der Waals surface area contributed by atoms with Crippen LogP contribution in [0.4, 0.5) is 18.9 Å². The Bertz CT molecular complexity index is 607. The van der Waals surface area contributed by atoms with Crippen LogP contribution in [0.5, 0.6) is 0 Å². The molecule has 2 aromatic rings. The van der Waals surface area contributed by atoms with Crippen molar-refractivity contribution in [3.63, 3.8) is 0 Å². The van der Waals surface area contributed by atoms with Gasteiger partial charge in [0.05, 0.1) is 17.5 Å². The molecule has 0 amide bonds. The third-order valence-corrected chi connectivity index (χ3v) is 3.03. The number of para-hydroxylation sites is 1. The molecule has 0 spiro atoms. The van der Waals surface area contributed by atoms with E-state index in [2.05, 4.69) is 26.5 Å². The van der Waals surface area contributed by atoms with Crippen LogP contribution in [0.2, 0.25) is 0 Å². The molecule has 0 bridgehead atoms. The molecule has 0 heterocycles. The molecule has 0 unspecified atom stereocenters. The Morgan fingerprint density at radius 3 is 2.30 bits per heavy atom. The minimum absolute atomic E-state index is 0.0756. The summed E-state index contributed by atoms with van der Waals surface area (Å²) < 4.78 is 39.2. The maximum Gasteiger partial charge on any atom is 0.418 e. The van der Waals surface area contributed by atoms with Crippen LogP contribution in [0.25, 0.3) is 0 Å². The molecular weight excluding hydrogens is 333 g/mol. The van der Waals surface area contributed by atoms with Crippen molar-refractivity contribution in [1.82, 2.24) is 0 Å². The normalized spacial score (nSPS) is 11.8. The van der Waals surface area contributed by atoms with E-state index in [1.165, 1.54) is 24.4 Å². The van der Waals surface area contributed by atoms with Gasteiger partial charge in [0.15, 0.2) is 0 Å². The smallest absolute Gasteiger partial charge is 0.278 e. The van der Waals surface area contributed by atoms with Gasteiger partial charge >= 0.3 is 6.18 Å². The molecule has 0 saturated carbocycles. The summed E-state index contributed by atoms with van der Waals surface area (Å²) in [6, 6.07) is 12.4. The van der Waals surface area contributed by atoms with Gasteiger partial charge in [0, 0.05) is 4.47 Å². The Morgan fingerprint density at radius 1 is 1.00 bits per heavy atom. The van der Waals surface area contributed by atoms with Crippen molar-refractivity contribution in [3.05, 3.63) is 64.1 Å². The summed E-state index contributed by atoms with van der Waals surface area (Å²) in [5.41, 5.74) is 2.38. The fourth-order valence-corrected chi connectivity index (χ4v) is 1.82. The third kappa shape index (κ3) is 3.84. The van der Waals surface area contributed by atoms with Gasteiger partial charge in [-0.2, -0.15) is 18.3 Å². The van der Waals surface area contributed by atoms with Gasteiger partial charge in [-0.1, -0.05) is 40.2 Å². The van der Waals surface area contributed by atoms with Gasteiger partial charge in [-0.15, -0.1) is 0 Å². The molecule has 0 fully saturated rings. The van der Waals surface area contributed by atoms with Crippen LogP contribution < -0.4 is 5.43 Å². The number of hydrogen-bond donors (Lipinski definition) is 1. The molecule has 104 valence electrons. The molecule has 0 aliphatic carbocycles. The zero-order chi connectivity index (χ0) is 14.6. The highest BCUT2D eigenvalue weighted by Gasteiger charge is 2.33. The number of anilines is 1. The van der Waals surface area contributed by atoms with E-state index in [0.717, 1.165) is 16.1 Å². The maximum atomic E-state index is 12.7. The lowest BCUT2D eigenvalue weighted by Gasteiger charge is -2.11. The second-order valence-electron chi connectivity index (χ2n) is 3.96. The molecule has 2 nitrogen and oxygen atoms in total. The van der Waals surface area contributed by atoms with Crippen LogP contribution in [-0.2, 0) is 6.18 Å². The summed E-state index contributed by atoms with van der Waals surface area (Å²) in [5.74, 6) is 0. The first-order valence-electron chi connectivity index (χ1n) is 5.68. The Morgan fingerprint density at radius 2 is 1.65 bits per heavy atom. The zero-order valence-electron chi connectivity index (χ0n) is 10.2.